The first-order valence-corrected chi connectivity index (χ1v) is 7.30. The second-order valence-electron chi connectivity index (χ2n) is 5.16. The van der Waals surface area contributed by atoms with Gasteiger partial charge in [0.15, 0.2) is 0 Å². The van der Waals surface area contributed by atoms with Crippen LogP contribution in [0.3, 0.4) is 0 Å². The molecule has 114 valence electrons. The van der Waals surface area contributed by atoms with Gasteiger partial charge in [-0.3, -0.25) is 4.79 Å². The molecule has 2 aromatic carbocycles. The number of amides is 1. The molecular formula is C18H19NO3. The maximum atomic E-state index is 11.8. The zero-order valence-corrected chi connectivity index (χ0v) is 12.5. The van der Waals surface area contributed by atoms with Crippen molar-refractivity contribution in [2.45, 2.75) is 26.2 Å². The van der Waals surface area contributed by atoms with Gasteiger partial charge < -0.3 is 10.8 Å². The van der Waals surface area contributed by atoms with Crippen LogP contribution < -0.4 is 5.73 Å². The fraction of sp³-hybridized carbons (Fsp3) is 0.222. The van der Waals surface area contributed by atoms with E-state index in [0.29, 0.717) is 5.56 Å². The molecule has 0 saturated carbocycles. The molecule has 0 heterocycles. The van der Waals surface area contributed by atoms with Gasteiger partial charge in [-0.05, 0) is 35.6 Å². The van der Waals surface area contributed by atoms with Crippen LogP contribution in [0.1, 0.15) is 46.0 Å². The number of aryl methyl sites for hydroxylation is 1. The summed E-state index contributed by atoms with van der Waals surface area (Å²) in [5.74, 6) is -1.88. The lowest BCUT2D eigenvalue weighted by molar-refractivity contribution is 0.0692. The summed E-state index contributed by atoms with van der Waals surface area (Å²) in [7, 11) is 0. The molecule has 4 nitrogen and oxygen atoms in total. The summed E-state index contributed by atoms with van der Waals surface area (Å²) in [6.45, 7) is 2.11. The van der Waals surface area contributed by atoms with E-state index in [1.165, 1.54) is 6.07 Å². The van der Waals surface area contributed by atoms with Crippen molar-refractivity contribution in [3.63, 3.8) is 0 Å². The van der Waals surface area contributed by atoms with Crippen molar-refractivity contribution in [2.24, 2.45) is 5.73 Å². The second-order valence-corrected chi connectivity index (χ2v) is 5.16. The van der Waals surface area contributed by atoms with E-state index in [1.807, 2.05) is 24.3 Å². The molecule has 2 rings (SSSR count). The van der Waals surface area contributed by atoms with E-state index in [9.17, 15) is 14.7 Å². The van der Waals surface area contributed by atoms with Gasteiger partial charge in [-0.25, -0.2) is 4.79 Å². The molecule has 4 heteroatoms. The lowest BCUT2D eigenvalue weighted by atomic mass is 9.90. The molecule has 0 aliphatic rings. The molecule has 3 N–H and O–H groups in total. The molecule has 0 fully saturated rings. The van der Waals surface area contributed by atoms with E-state index >= 15 is 0 Å². The number of carboxylic acids is 1. The highest BCUT2D eigenvalue weighted by molar-refractivity contribution is 6.09. The van der Waals surface area contributed by atoms with Gasteiger partial charge in [0.25, 0.3) is 0 Å². The zero-order valence-electron chi connectivity index (χ0n) is 12.5. The third kappa shape index (κ3) is 3.17. The van der Waals surface area contributed by atoms with Crippen molar-refractivity contribution in [3.05, 3.63) is 59.2 Å². The van der Waals surface area contributed by atoms with Crippen LogP contribution in [-0.2, 0) is 6.42 Å². The number of hydrogen-bond donors (Lipinski definition) is 2. The first kappa shape index (κ1) is 15.8. The molecule has 0 atom stereocenters. The number of hydrogen-bond acceptors (Lipinski definition) is 2. The average molecular weight is 297 g/mol. The summed E-state index contributed by atoms with van der Waals surface area (Å²) in [6.07, 6.45) is 2.97. The molecule has 0 unspecified atom stereocenters. The van der Waals surface area contributed by atoms with E-state index < -0.39 is 11.9 Å². The zero-order chi connectivity index (χ0) is 16.1. The van der Waals surface area contributed by atoms with E-state index in [2.05, 4.69) is 6.92 Å². The van der Waals surface area contributed by atoms with Crippen LogP contribution in [0.15, 0.2) is 42.5 Å². The lowest BCUT2D eigenvalue weighted by Crippen LogP contribution is -2.18. The second kappa shape index (κ2) is 6.89. The molecule has 1 amide bonds. The topological polar surface area (TPSA) is 80.4 Å². The largest absolute Gasteiger partial charge is 0.478 e. The van der Waals surface area contributed by atoms with Gasteiger partial charge in [0.1, 0.15) is 0 Å². The molecular weight excluding hydrogens is 278 g/mol. The van der Waals surface area contributed by atoms with E-state index in [-0.39, 0.29) is 11.1 Å². The number of carbonyl (C=O) groups excluding carboxylic acids is 1. The fourth-order valence-electron chi connectivity index (χ4n) is 2.59. The molecule has 0 radical (unpaired) electrons. The van der Waals surface area contributed by atoms with Crippen molar-refractivity contribution >= 4 is 11.9 Å². The van der Waals surface area contributed by atoms with E-state index in [1.54, 1.807) is 12.1 Å². The number of primary amides is 1. The summed E-state index contributed by atoms with van der Waals surface area (Å²) < 4.78 is 0. The highest BCUT2D eigenvalue weighted by atomic mass is 16.4. The maximum Gasteiger partial charge on any atom is 0.336 e. The van der Waals surface area contributed by atoms with Gasteiger partial charge >= 0.3 is 5.97 Å². The normalized spacial score (nSPS) is 10.4. The van der Waals surface area contributed by atoms with Crippen LogP contribution in [0.4, 0.5) is 0 Å². The highest BCUT2D eigenvalue weighted by Gasteiger charge is 2.20. The van der Waals surface area contributed by atoms with Crippen molar-refractivity contribution in [1.82, 2.24) is 0 Å². The molecule has 0 spiro atoms. The van der Waals surface area contributed by atoms with Crippen molar-refractivity contribution in [2.75, 3.05) is 0 Å². The third-order valence-corrected chi connectivity index (χ3v) is 3.65. The molecule has 0 bridgehead atoms. The molecule has 22 heavy (non-hydrogen) atoms. The van der Waals surface area contributed by atoms with E-state index in [0.717, 1.165) is 30.4 Å². The average Bonchev–Trinajstić information content (AvgIpc) is 2.52. The van der Waals surface area contributed by atoms with Crippen LogP contribution in [0.25, 0.3) is 11.1 Å². The summed E-state index contributed by atoms with van der Waals surface area (Å²) in [5.41, 5.74) is 7.99. The van der Waals surface area contributed by atoms with Crippen LogP contribution in [0.5, 0.6) is 0 Å². The van der Waals surface area contributed by atoms with Crippen molar-refractivity contribution in [3.8, 4) is 11.1 Å². The number of carbonyl (C=O) groups is 2. The van der Waals surface area contributed by atoms with Gasteiger partial charge in [0.05, 0.1) is 11.1 Å². The minimum absolute atomic E-state index is 0.0599. The summed E-state index contributed by atoms with van der Waals surface area (Å²) in [4.78, 5) is 23.2. The highest BCUT2D eigenvalue weighted by Crippen LogP contribution is 2.30. The van der Waals surface area contributed by atoms with E-state index in [4.69, 9.17) is 5.73 Å². The van der Waals surface area contributed by atoms with Gasteiger partial charge in [0, 0.05) is 0 Å². The number of carboxylic acid groups (broad SMARTS) is 1. The number of unbranched alkanes of at least 4 members (excludes halogenated alkanes) is 1. The van der Waals surface area contributed by atoms with Crippen LogP contribution in [0.2, 0.25) is 0 Å². The Morgan fingerprint density at radius 3 is 2.36 bits per heavy atom. The summed E-state index contributed by atoms with van der Waals surface area (Å²) in [6, 6.07) is 12.5. The molecule has 0 saturated heterocycles. The van der Waals surface area contributed by atoms with Gasteiger partial charge in [0.2, 0.25) is 5.91 Å². The smallest absolute Gasteiger partial charge is 0.336 e. The first-order valence-electron chi connectivity index (χ1n) is 7.30. The molecule has 0 aliphatic heterocycles. The Bertz CT molecular complexity index is 707. The quantitative estimate of drug-likeness (QED) is 0.856. The van der Waals surface area contributed by atoms with Crippen LogP contribution >= 0.6 is 0 Å². The van der Waals surface area contributed by atoms with Gasteiger partial charge in [-0.2, -0.15) is 0 Å². The van der Waals surface area contributed by atoms with Crippen molar-refractivity contribution < 1.29 is 14.7 Å². The molecule has 0 aliphatic carbocycles. The standard InChI is InChI=1S/C18H19NO3/c1-2-3-7-12-8-4-5-9-13(12)14-10-6-11-15(18(21)22)16(14)17(19)20/h4-6,8-11H,2-3,7H2,1H3,(H2,19,20)(H,21,22). The first-order chi connectivity index (χ1) is 10.6. The fourth-order valence-corrected chi connectivity index (χ4v) is 2.59. The van der Waals surface area contributed by atoms with Crippen LogP contribution in [0, 0.1) is 0 Å². The maximum absolute atomic E-state index is 11.8. The Labute approximate surface area is 129 Å². The Kier molecular flexibility index (Phi) is 4.94. The Morgan fingerprint density at radius 2 is 1.73 bits per heavy atom. The lowest BCUT2D eigenvalue weighted by Gasteiger charge is -2.14. The van der Waals surface area contributed by atoms with Gasteiger partial charge in [-0.15, -0.1) is 0 Å². The Balaban J connectivity index is 2.65. The predicted molar refractivity (Wildman–Crippen MR) is 86.0 cm³/mol. The summed E-state index contributed by atoms with van der Waals surface area (Å²) >= 11 is 0. The monoisotopic (exact) mass is 297 g/mol. The predicted octanol–water partition coefficient (Wildman–Crippen LogP) is 3.49. The molecule has 0 aromatic heterocycles. The SMILES string of the molecule is CCCCc1ccccc1-c1cccc(C(=O)O)c1C(N)=O. The Morgan fingerprint density at radius 1 is 1.05 bits per heavy atom. The minimum atomic E-state index is -1.15. The van der Waals surface area contributed by atoms with Crippen molar-refractivity contribution in [1.29, 1.82) is 0 Å². The van der Waals surface area contributed by atoms with Gasteiger partial charge in [-0.1, -0.05) is 49.7 Å². The summed E-state index contributed by atoms with van der Waals surface area (Å²) in [5, 5.41) is 9.29. The minimum Gasteiger partial charge on any atom is -0.478 e. The number of rotatable bonds is 6. The third-order valence-electron chi connectivity index (χ3n) is 3.65. The Hall–Kier alpha value is -2.62. The molecule has 2 aromatic rings. The van der Waals surface area contributed by atoms with Crippen LogP contribution in [-0.4, -0.2) is 17.0 Å². The number of aromatic carboxylic acids is 1. The number of benzene rings is 2. The number of nitrogens with two attached hydrogens (primary N) is 1.